The number of azo groups is 2. The average Bonchev–Trinajstić information content (AvgIpc) is 2.94. The van der Waals surface area contributed by atoms with E-state index in [1.54, 1.807) is 78.9 Å². The van der Waals surface area contributed by atoms with Crippen LogP contribution >= 0.6 is 24.1 Å². The van der Waals surface area contributed by atoms with Gasteiger partial charge in [0.25, 0.3) is 0 Å². The van der Waals surface area contributed by atoms with E-state index >= 15 is 0 Å². The van der Waals surface area contributed by atoms with Crippen molar-refractivity contribution in [2.45, 2.75) is 9.79 Å². The number of fused-ring (bicyclic) bond motifs is 1. The number of carbonyl (C=O) groups is 1. The Bertz CT molecular complexity index is 1410. The van der Waals surface area contributed by atoms with Crippen LogP contribution in [0, 0.1) is 0 Å². The van der Waals surface area contributed by atoms with Crippen molar-refractivity contribution in [3.8, 4) is 0 Å². The zero-order chi connectivity index (χ0) is 25.9. The SMILES string of the molecule is O=CNc1ccc(N=Nc2ccc(N=Nc3ccc(SOO[O-])cc3)c3cc(SOO[O-])ccc23)cc1.[Na+].[Na+]. The summed E-state index contributed by atoms with van der Waals surface area (Å²) in [7, 11) is 0. The Morgan fingerprint density at radius 3 is 1.72 bits per heavy atom. The molecule has 16 heteroatoms. The minimum absolute atomic E-state index is 0. The molecular formula is C23H15N5Na2O7S2. The number of amides is 1. The van der Waals surface area contributed by atoms with E-state index < -0.39 is 0 Å². The van der Waals surface area contributed by atoms with Crippen LogP contribution in [0.4, 0.5) is 28.4 Å². The Labute approximate surface area is 274 Å². The van der Waals surface area contributed by atoms with Gasteiger partial charge < -0.3 is 15.8 Å². The average molecular weight is 584 g/mol. The van der Waals surface area contributed by atoms with Gasteiger partial charge >= 0.3 is 59.1 Å². The van der Waals surface area contributed by atoms with Crippen LogP contribution < -0.4 is 74.9 Å². The summed E-state index contributed by atoms with van der Waals surface area (Å²) in [6.45, 7) is 0. The number of rotatable bonds is 12. The Hall–Kier alpha value is -1.73. The van der Waals surface area contributed by atoms with Gasteiger partial charge in [-0.05, 0) is 72.8 Å². The molecular weight excluding hydrogens is 568 g/mol. The van der Waals surface area contributed by atoms with Crippen LogP contribution in [-0.4, -0.2) is 6.41 Å². The third-order valence-electron chi connectivity index (χ3n) is 4.73. The van der Waals surface area contributed by atoms with Crippen molar-refractivity contribution in [2.24, 2.45) is 20.5 Å². The van der Waals surface area contributed by atoms with Gasteiger partial charge in [-0.25, -0.2) is 0 Å². The minimum atomic E-state index is 0. The van der Waals surface area contributed by atoms with Crippen LogP contribution in [-0.2, 0) is 23.5 Å². The predicted molar refractivity (Wildman–Crippen MR) is 131 cm³/mol. The molecule has 0 aromatic heterocycles. The summed E-state index contributed by atoms with van der Waals surface area (Å²) in [5.74, 6) is 0. The first-order chi connectivity index (χ1) is 18.2. The normalized spacial score (nSPS) is 10.9. The van der Waals surface area contributed by atoms with Crippen molar-refractivity contribution in [1.82, 2.24) is 0 Å². The maximum Gasteiger partial charge on any atom is 1.00 e. The molecule has 0 aliphatic heterocycles. The third-order valence-corrected chi connectivity index (χ3v) is 5.89. The fourth-order valence-electron chi connectivity index (χ4n) is 3.11. The molecule has 188 valence electrons. The van der Waals surface area contributed by atoms with Crippen LogP contribution in [0.5, 0.6) is 0 Å². The van der Waals surface area contributed by atoms with Crippen molar-refractivity contribution in [1.29, 1.82) is 0 Å². The fraction of sp³-hybridized carbons (Fsp3) is 0. The summed E-state index contributed by atoms with van der Waals surface area (Å²) in [6.07, 6.45) is 0.595. The van der Waals surface area contributed by atoms with Gasteiger partial charge in [0.2, 0.25) is 6.41 Å². The molecule has 39 heavy (non-hydrogen) atoms. The molecule has 0 spiro atoms. The van der Waals surface area contributed by atoms with Gasteiger partial charge in [-0.15, -0.1) is 10.2 Å². The van der Waals surface area contributed by atoms with Gasteiger partial charge in [0.1, 0.15) is 0 Å². The second-order valence-electron chi connectivity index (χ2n) is 6.95. The maximum absolute atomic E-state index is 10.6. The zero-order valence-corrected chi connectivity index (χ0v) is 26.2. The van der Waals surface area contributed by atoms with Gasteiger partial charge in [0.05, 0.1) is 46.8 Å². The Morgan fingerprint density at radius 2 is 1.15 bits per heavy atom. The summed E-state index contributed by atoms with van der Waals surface area (Å²) in [5.41, 5.74) is 2.90. The van der Waals surface area contributed by atoms with Gasteiger partial charge in [-0.3, -0.25) is 14.9 Å². The van der Waals surface area contributed by atoms with Crippen LogP contribution in [0.15, 0.2) is 109 Å². The van der Waals surface area contributed by atoms with Crippen LogP contribution in [0.3, 0.4) is 0 Å². The second kappa shape index (κ2) is 17.9. The number of hydrogen-bond donors (Lipinski definition) is 1. The molecule has 0 saturated heterocycles. The topological polar surface area (TPSA) is 162 Å². The quantitative estimate of drug-likeness (QED) is 0.0590. The molecule has 1 amide bonds. The van der Waals surface area contributed by atoms with E-state index in [0.29, 0.717) is 50.0 Å². The number of benzene rings is 4. The Balaban J connectivity index is 0.00000267. The Morgan fingerprint density at radius 1 is 0.641 bits per heavy atom. The summed E-state index contributed by atoms with van der Waals surface area (Å²) in [6, 6.07) is 22.4. The molecule has 4 aromatic carbocycles. The first-order valence-electron chi connectivity index (χ1n) is 10.3. The minimum Gasteiger partial charge on any atom is -0.691 e. The summed E-state index contributed by atoms with van der Waals surface area (Å²) >= 11 is 1.52. The molecule has 0 fully saturated rings. The van der Waals surface area contributed by atoms with Gasteiger partial charge in [0.15, 0.2) is 0 Å². The molecule has 0 saturated carbocycles. The largest absolute Gasteiger partial charge is 1.00 e. The van der Waals surface area contributed by atoms with E-state index in [-0.39, 0.29) is 59.1 Å². The standard InChI is InChI=1S/C23H17N5O7S2.2Na/c29-14-24-15-1-3-16(4-2-15)25-27-22-11-12-23(21-13-19(37-35-33-31)9-10-20(21)22)28-26-17-5-7-18(8-6-17)36-34-32-30;;/h1-14,30-31H,(H,24,29);;/q;2*+1/p-2. The monoisotopic (exact) mass is 583 g/mol. The molecule has 4 aromatic rings. The maximum atomic E-state index is 10.6. The first kappa shape index (κ1) is 33.5. The molecule has 0 bridgehead atoms. The van der Waals surface area contributed by atoms with E-state index in [0.717, 1.165) is 29.5 Å². The number of nitrogens with zero attached hydrogens (tertiary/aromatic N) is 4. The summed E-state index contributed by atoms with van der Waals surface area (Å²) < 4.78 is 8.72. The molecule has 0 radical (unpaired) electrons. The Kier molecular flexibility index (Phi) is 15.3. The summed E-state index contributed by atoms with van der Waals surface area (Å²) in [4.78, 5) is 11.8. The van der Waals surface area contributed by atoms with E-state index in [9.17, 15) is 15.3 Å². The predicted octanol–water partition coefficient (Wildman–Crippen LogP) is -0.292. The molecule has 0 atom stereocenters. The molecule has 1 N–H and O–H groups in total. The van der Waals surface area contributed by atoms with E-state index in [1.807, 2.05) is 0 Å². The van der Waals surface area contributed by atoms with E-state index in [2.05, 4.69) is 44.5 Å². The molecule has 0 aliphatic carbocycles. The fourth-order valence-corrected chi connectivity index (χ4v) is 3.86. The number of carbonyl (C=O) groups excluding carboxylic acids is 1. The number of hydrogen-bond acceptors (Lipinski definition) is 13. The van der Waals surface area contributed by atoms with Crippen LogP contribution in [0.2, 0.25) is 0 Å². The van der Waals surface area contributed by atoms with Crippen molar-refractivity contribution in [2.75, 3.05) is 5.32 Å². The van der Waals surface area contributed by atoms with E-state index in [1.165, 1.54) is 0 Å². The van der Waals surface area contributed by atoms with E-state index in [4.69, 9.17) is 0 Å². The third kappa shape index (κ3) is 10.00. The number of nitrogens with one attached hydrogen (secondary N) is 1. The van der Waals surface area contributed by atoms with Crippen LogP contribution in [0.1, 0.15) is 0 Å². The van der Waals surface area contributed by atoms with Crippen LogP contribution in [0.25, 0.3) is 10.8 Å². The van der Waals surface area contributed by atoms with Gasteiger partial charge in [0, 0.05) is 26.3 Å². The van der Waals surface area contributed by atoms with Gasteiger partial charge in [-0.1, -0.05) is 6.07 Å². The molecule has 0 heterocycles. The number of anilines is 1. The van der Waals surface area contributed by atoms with Crippen molar-refractivity contribution < 1.29 is 93.2 Å². The smallest absolute Gasteiger partial charge is 0.691 e. The molecule has 4 rings (SSSR count). The van der Waals surface area contributed by atoms with Crippen molar-refractivity contribution in [3.63, 3.8) is 0 Å². The van der Waals surface area contributed by atoms with Crippen molar-refractivity contribution >= 4 is 69.7 Å². The molecule has 0 unspecified atom stereocenters. The van der Waals surface area contributed by atoms with Gasteiger partial charge in [-0.2, -0.15) is 18.9 Å². The van der Waals surface area contributed by atoms with Crippen molar-refractivity contribution in [3.05, 3.63) is 78.9 Å². The second-order valence-corrected chi connectivity index (χ2v) is 8.50. The zero-order valence-electron chi connectivity index (χ0n) is 20.5. The molecule has 12 nitrogen and oxygen atoms in total. The molecule has 0 aliphatic rings. The first-order valence-corrected chi connectivity index (χ1v) is 11.8. The summed E-state index contributed by atoms with van der Waals surface area (Å²) in [5, 5.41) is 48.2.